The van der Waals surface area contributed by atoms with Crippen LogP contribution < -0.4 is 20.3 Å². The normalized spacial score (nSPS) is 16.9. The number of fused-ring (bicyclic) bond motifs is 1. The van der Waals surface area contributed by atoms with Crippen LogP contribution in [0.25, 0.3) is 0 Å². The van der Waals surface area contributed by atoms with E-state index in [4.69, 9.17) is 27.9 Å². The highest BCUT2D eigenvalue weighted by atomic mass is 35.5. The molecule has 3 aromatic rings. The number of ether oxygens (including phenoxy) is 1. The standard InChI is InChI=1S/C26H26Cl2N6O4/c1-33-21-11-15(6-10-23(35)30-16-7-8-16)5-9-22(21)38-13-20(26(33)37)31-25(36)24-29-14-34(32-24)12-17-18(27)3-2-4-19(17)28/h2-5,9,11,14,16,20H,6-8,10,12-13H2,1H3,(H,30,35)(H,31,36)/t20-/m1/s1. The van der Waals surface area contributed by atoms with Gasteiger partial charge in [-0.05, 0) is 49.1 Å². The van der Waals surface area contributed by atoms with Crippen molar-refractivity contribution in [2.45, 2.75) is 44.3 Å². The molecule has 2 aliphatic rings. The third-order valence-corrected chi connectivity index (χ3v) is 7.14. The van der Waals surface area contributed by atoms with Gasteiger partial charge in [-0.25, -0.2) is 9.67 Å². The number of carbonyl (C=O) groups excluding carboxylic acids is 3. The van der Waals surface area contributed by atoms with Gasteiger partial charge < -0.3 is 20.3 Å². The summed E-state index contributed by atoms with van der Waals surface area (Å²) in [6, 6.07) is 10.0. The van der Waals surface area contributed by atoms with E-state index in [1.165, 1.54) is 15.9 Å². The number of nitrogens with zero attached hydrogens (tertiary/aromatic N) is 4. The molecule has 5 rings (SSSR count). The van der Waals surface area contributed by atoms with Crippen LogP contribution in [0.4, 0.5) is 5.69 Å². The molecule has 1 atom stereocenters. The smallest absolute Gasteiger partial charge is 0.291 e. The van der Waals surface area contributed by atoms with Crippen LogP contribution in [-0.4, -0.2) is 58.2 Å². The second-order valence-corrected chi connectivity index (χ2v) is 10.2. The van der Waals surface area contributed by atoms with Gasteiger partial charge in [0.15, 0.2) is 0 Å². The number of nitrogens with one attached hydrogen (secondary N) is 2. The van der Waals surface area contributed by atoms with Crippen molar-refractivity contribution in [3.8, 4) is 5.75 Å². The van der Waals surface area contributed by atoms with E-state index in [-0.39, 0.29) is 30.8 Å². The van der Waals surface area contributed by atoms with Gasteiger partial charge in [-0.3, -0.25) is 14.4 Å². The van der Waals surface area contributed by atoms with Gasteiger partial charge in [-0.15, -0.1) is 5.10 Å². The summed E-state index contributed by atoms with van der Waals surface area (Å²) in [5.41, 5.74) is 2.14. The molecule has 0 unspecified atom stereocenters. The van der Waals surface area contributed by atoms with Crippen LogP contribution in [-0.2, 0) is 22.6 Å². The van der Waals surface area contributed by atoms with Crippen molar-refractivity contribution >= 4 is 46.6 Å². The predicted octanol–water partition coefficient (Wildman–Crippen LogP) is 3.00. The molecular formula is C26H26Cl2N6O4. The molecule has 10 nitrogen and oxygen atoms in total. The molecule has 38 heavy (non-hydrogen) atoms. The Labute approximate surface area is 229 Å². The van der Waals surface area contributed by atoms with E-state index in [9.17, 15) is 14.4 Å². The largest absolute Gasteiger partial charge is 0.489 e. The number of aryl methyl sites for hydroxylation is 1. The van der Waals surface area contributed by atoms with Gasteiger partial charge in [-0.1, -0.05) is 35.3 Å². The summed E-state index contributed by atoms with van der Waals surface area (Å²) >= 11 is 12.4. The van der Waals surface area contributed by atoms with Gasteiger partial charge in [0, 0.05) is 35.1 Å². The highest BCUT2D eigenvalue weighted by Crippen LogP contribution is 2.32. The molecule has 0 spiro atoms. The van der Waals surface area contributed by atoms with Crippen molar-refractivity contribution in [3.63, 3.8) is 0 Å². The van der Waals surface area contributed by atoms with Gasteiger partial charge in [0.25, 0.3) is 11.8 Å². The number of hydrogen-bond acceptors (Lipinski definition) is 6. The maximum atomic E-state index is 13.2. The van der Waals surface area contributed by atoms with E-state index in [0.717, 1.165) is 18.4 Å². The van der Waals surface area contributed by atoms with Crippen LogP contribution in [0.1, 0.15) is 41.0 Å². The second-order valence-electron chi connectivity index (χ2n) is 9.34. The first kappa shape index (κ1) is 26.0. The van der Waals surface area contributed by atoms with Crippen molar-refractivity contribution in [2.75, 3.05) is 18.6 Å². The number of benzene rings is 2. The zero-order chi connectivity index (χ0) is 26.8. The molecule has 1 saturated carbocycles. The second kappa shape index (κ2) is 11.0. The van der Waals surface area contributed by atoms with E-state index in [2.05, 4.69) is 20.7 Å². The Morgan fingerprint density at radius 2 is 1.89 bits per heavy atom. The predicted molar refractivity (Wildman–Crippen MR) is 142 cm³/mol. The quantitative estimate of drug-likeness (QED) is 0.440. The highest BCUT2D eigenvalue weighted by Gasteiger charge is 2.32. The van der Waals surface area contributed by atoms with E-state index in [0.29, 0.717) is 45.9 Å². The first-order chi connectivity index (χ1) is 18.3. The Hall–Kier alpha value is -3.63. The van der Waals surface area contributed by atoms with Crippen LogP contribution in [0.15, 0.2) is 42.7 Å². The number of rotatable bonds is 8. The van der Waals surface area contributed by atoms with E-state index < -0.39 is 11.9 Å². The lowest BCUT2D eigenvalue weighted by molar-refractivity contribution is -0.121. The third kappa shape index (κ3) is 5.92. The Kier molecular flexibility index (Phi) is 7.53. The Morgan fingerprint density at radius 1 is 1.13 bits per heavy atom. The van der Waals surface area contributed by atoms with E-state index in [1.54, 1.807) is 31.3 Å². The first-order valence-electron chi connectivity index (χ1n) is 12.2. The van der Waals surface area contributed by atoms with Crippen molar-refractivity contribution in [3.05, 3.63) is 69.7 Å². The first-order valence-corrected chi connectivity index (χ1v) is 13.0. The van der Waals surface area contributed by atoms with Crippen molar-refractivity contribution in [1.29, 1.82) is 0 Å². The summed E-state index contributed by atoms with van der Waals surface area (Å²) in [5, 5.41) is 10.8. The minimum Gasteiger partial charge on any atom is -0.489 e. The third-order valence-electron chi connectivity index (χ3n) is 6.43. The summed E-state index contributed by atoms with van der Waals surface area (Å²) in [7, 11) is 1.62. The van der Waals surface area contributed by atoms with Gasteiger partial charge in [0.05, 0.1) is 12.2 Å². The zero-order valence-corrected chi connectivity index (χ0v) is 22.1. The van der Waals surface area contributed by atoms with Gasteiger partial charge in [0.2, 0.25) is 11.7 Å². The average molecular weight is 557 g/mol. The molecule has 2 heterocycles. The van der Waals surface area contributed by atoms with Gasteiger partial charge >= 0.3 is 0 Å². The molecule has 3 amide bonds. The highest BCUT2D eigenvalue weighted by molar-refractivity contribution is 6.36. The van der Waals surface area contributed by atoms with E-state index in [1.807, 2.05) is 12.1 Å². The van der Waals surface area contributed by atoms with Crippen LogP contribution >= 0.6 is 23.2 Å². The maximum absolute atomic E-state index is 13.2. The summed E-state index contributed by atoms with van der Waals surface area (Å²) in [6.45, 7) is 0.174. The number of aromatic nitrogens is 3. The molecular weight excluding hydrogens is 531 g/mol. The summed E-state index contributed by atoms with van der Waals surface area (Å²) in [6.07, 6.45) is 4.40. The Morgan fingerprint density at radius 3 is 2.63 bits per heavy atom. The van der Waals surface area contributed by atoms with Crippen molar-refractivity contribution < 1.29 is 19.1 Å². The number of amides is 3. The molecule has 198 valence electrons. The molecule has 0 bridgehead atoms. The minimum absolute atomic E-state index is 0.0249. The lowest BCUT2D eigenvalue weighted by Crippen LogP contribution is -2.49. The van der Waals surface area contributed by atoms with Crippen LogP contribution in [0.3, 0.4) is 0 Å². The number of halogens is 2. The monoisotopic (exact) mass is 556 g/mol. The summed E-state index contributed by atoms with van der Waals surface area (Å²) in [5.74, 6) is -0.516. The Balaban J connectivity index is 1.22. The SMILES string of the molecule is CN1C(=O)[C@H](NC(=O)c2ncn(Cc3c(Cl)cccc3Cl)n2)COc2ccc(CCC(=O)NC3CC3)cc21. The molecule has 0 saturated heterocycles. The molecule has 2 N–H and O–H groups in total. The minimum atomic E-state index is -0.947. The van der Waals surface area contributed by atoms with Crippen molar-refractivity contribution in [2.24, 2.45) is 0 Å². The molecule has 1 fully saturated rings. The number of carbonyl (C=O) groups is 3. The molecule has 2 aromatic carbocycles. The van der Waals surface area contributed by atoms with Gasteiger partial charge in [-0.2, -0.15) is 0 Å². The fourth-order valence-electron chi connectivity index (χ4n) is 4.13. The van der Waals surface area contributed by atoms with Crippen LogP contribution in [0.2, 0.25) is 10.0 Å². The summed E-state index contributed by atoms with van der Waals surface area (Å²) in [4.78, 5) is 43.6. The molecule has 0 radical (unpaired) electrons. The molecule has 1 aliphatic heterocycles. The fourth-order valence-corrected chi connectivity index (χ4v) is 4.65. The van der Waals surface area contributed by atoms with Crippen LogP contribution in [0.5, 0.6) is 5.75 Å². The lowest BCUT2D eigenvalue weighted by atomic mass is 10.1. The number of anilines is 1. The van der Waals surface area contributed by atoms with Crippen LogP contribution in [0, 0.1) is 0 Å². The molecule has 1 aliphatic carbocycles. The maximum Gasteiger partial charge on any atom is 0.291 e. The topological polar surface area (TPSA) is 118 Å². The zero-order valence-electron chi connectivity index (χ0n) is 20.6. The number of hydrogen-bond donors (Lipinski definition) is 2. The number of likely N-dealkylation sites (N-methyl/N-ethyl adjacent to an activating group) is 1. The Bertz CT molecular complexity index is 1370. The molecule has 1 aromatic heterocycles. The summed E-state index contributed by atoms with van der Waals surface area (Å²) < 4.78 is 7.31. The fraction of sp³-hybridized carbons (Fsp3) is 0.346. The molecule has 12 heteroatoms. The van der Waals surface area contributed by atoms with E-state index >= 15 is 0 Å². The average Bonchev–Trinajstić information content (AvgIpc) is 3.61. The van der Waals surface area contributed by atoms with Gasteiger partial charge in [0.1, 0.15) is 24.7 Å². The lowest BCUT2D eigenvalue weighted by Gasteiger charge is -2.20. The van der Waals surface area contributed by atoms with Crippen molar-refractivity contribution in [1.82, 2.24) is 25.4 Å².